The zero-order valence-electron chi connectivity index (χ0n) is 8.79. The van der Waals surface area contributed by atoms with Gasteiger partial charge in [0.1, 0.15) is 0 Å². The van der Waals surface area contributed by atoms with Crippen molar-refractivity contribution in [2.24, 2.45) is 0 Å². The molecule has 0 aliphatic rings. The fourth-order valence-electron chi connectivity index (χ4n) is 0.603. The number of nitrogens with one attached hydrogen (secondary N) is 1. The van der Waals surface area contributed by atoms with E-state index in [1.807, 2.05) is 40.0 Å². The number of aryl methyl sites for hydroxylation is 2. The zero-order valence-corrected chi connectivity index (χ0v) is 8.79. The van der Waals surface area contributed by atoms with E-state index in [-0.39, 0.29) is 0 Å². The Labute approximate surface area is 79.8 Å². The Hall–Kier alpha value is -1.25. The summed E-state index contributed by atoms with van der Waals surface area (Å²) >= 11 is 0. The van der Waals surface area contributed by atoms with Gasteiger partial charge >= 0.3 is 0 Å². The van der Waals surface area contributed by atoms with Crippen molar-refractivity contribution in [2.45, 2.75) is 27.7 Å². The van der Waals surface area contributed by atoms with E-state index >= 15 is 0 Å². The van der Waals surface area contributed by atoms with Crippen LogP contribution in [0, 0.1) is 13.8 Å². The van der Waals surface area contributed by atoms with E-state index in [2.05, 4.69) is 10.2 Å². The van der Waals surface area contributed by atoms with Crippen LogP contribution in [0.3, 0.4) is 0 Å². The second-order valence-corrected chi connectivity index (χ2v) is 2.60. The van der Waals surface area contributed by atoms with Gasteiger partial charge in [0.2, 0.25) is 0 Å². The first-order chi connectivity index (χ1) is 6.22. The number of H-pyrrole nitrogens is 1. The van der Waals surface area contributed by atoms with Crippen molar-refractivity contribution in [1.29, 1.82) is 0 Å². The lowest BCUT2D eigenvalue weighted by molar-refractivity contribution is 0.269. The highest BCUT2D eigenvalue weighted by molar-refractivity contribution is 5.10. The third-order valence-electron chi connectivity index (χ3n) is 1.48. The smallest absolute Gasteiger partial charge is 0.0845 e. The van der Waals surface area contributed by atoms with Crippen LogP contribution in [0.1, 0.15) is 25.1 Å². The summed E-state index contributed by atoms with van der Waals surface area (Å²) in [6, 6.07) is 0. The maximum atomic E-state index is 4.80. The van der Waals surface area contributed by atoms with Gasteiger partial charge in [0, 0.05) is 5.69 Å². The van der Waals surface area contributed by atoms with Crippen LogP contribution in [-0.4, -0.2) is 16.8 Å². The predicted octanol–water partition coefficient (Wildman–Crippen LogP) is 2.58. The molecule has 1 rings (SSSR count). The molecule has 1 heterocycles. The van der Waals surface area contributed by atoms with Crippen LogP contribution in [-0.2, 0) is 4.74 Å². The summed E-state index contributed by atoms with van der Waals surface area (Å²) in [5, 5.41) is 6.61. The number of aromatic amines is 1. The Morgan fingerprint density at radius 1 is 1.54 bits per heavy atom. The molecule has 0 spiro atoms. The minimum absolute atomic E-state index is 0.768. The molecule has 0 saturated carbocycles. The average molecular weight is 182 g/mol. The molecule has 3 heteroatoms. The number of nitrogens with zero attached hydrogens (tertiary/aromatic N) is 1. The highest BCUT2D eigenvalue weighted by Gasteiger charge is 1.87. The van der Waals surface area contributed by atoms with E-state index in [4.69, 9.17) is 4.74 Å². The molecule has 0 bridgehead atoms. The molecule has 1 aromatic heterocycles. The van der Waals surface area contributed by atoms with Crippen LogP contribution in [0.4, 0.5) is 0 Å². The van der Waals surface area contributed by atoms with Gasteiger partial charge in [-0.15, -0.1) is 0 Å². The molecule has 0 amide bonds. The summed E-state index contributed by atoms with van der Waals surface area (Å²) in [7, 11) is 0. The van der Waals surface area contributed by atoms with Crippen molar-refractivity contribution in [3.8, 4) is 0 Å². The monoisotopic (exact) mass is 182 g/mol. The Balaban J connectivity index is 0.000000226. The second-order valence-electron chi connectivity index (χ2n) is 2.60. The van der Waals surface area contributed by atoms with Crippen LogP contribution < -0.4 is 0 Å². The molecule has 74 valence electrons. The third kappa shape index (κ3) is 5.96. The van der Waals surface area contributed by atoms with Gasteiger partial charge in [0.25, 0.3) is 0 Å². The topological polar surface area (TPSA) is 37.9 Å². The molecule has 1 aromatic rings. The molecule has 3 nitrogen and oxygen atoms in total. The fraction of sp³-hybridized carbons (Fsp3) is 0.500. The summed E-state index contributed by atoms with van der Waals surface area (Å²) in [6.07, 6.45) is 5.36. The van der Waals surface area contributed by atoms with E-state index in [0.29, 0.717) is 0 Å². The maximum Gasteiger partial charge on any atom is 0.0845 e. The van der Waals surface area contributed by atoms with Gasteiger partial charge in [0.15, 0.2) is 0 Å². The first-order valence-corrected chi connectivity index (χ1v) is 4.41. The van der Waals surface area contributed by atoms with E-state index in [1.165, 1.54) is 5.56 Å². The second kappa shape index (κ2) is 7.40. The van der Waals surface area contributed by atoms with Crippen molar-refractivity contribution >= 4 is 0 Å². The number of rotatable bonds is 2. The maximum absolute atomic E-state index is 4.80. The van der Waals surface area contributed by atoms with E-state index in [1.54, 1.807) is 6.26 Å². The average Bonchev–Trinajstić information content (AvgIpc) is 2.49. The number of allylic oxidation sites excluding steroid dienone is 1. The molecular weight excluding hydrogens is 164 g/mol. The summed E-state index contributed by atoms with van der Waals surface area (Å²) in [5.41, 5.74) is 2.38. The van der Waals surface area contributed by atoms with Crippen LogP contribution >= 0.6 is 0 Å². The lowest BCUT2D eigenvalue weighted by Gasteiger charge is -1.86. The van der Waals surface area contributed by atoms with Crippen LogP contribution in [0.5, 0.6) is 0 Å². The van der Waals surface area contributed by atoms with Gasteiger partial charge in [-0.3, -0.25) is 5.10 Å². The molecule has 0 aliphatic carbocycles. The third-order valence-corrected chi connectivity index (χ3v) is 1.48. The molecule has 0 saturated heterocycles. The molecule has 0 aromatic carbocycles. The lowest BCUT2D eigenvalue weighted by atomic mass is 10.3. The zero-order chi connectivity index (χ0) is 10.1. The lowest BCUT2D eigenvalue weighted by Crippen LogP contribution is -1.73. The van der Waals surface area contributed by atoms with Gasteiger partial charge in [-0.1, -0.05) is 6.08 Å². The summed E-state index contributed by atoms with van der Waals surface area (Å²) in [4.78, 5) is 0. The number of ether oxygens (including phenoxy) is 1. The fourth-order valence-corrected chi connectivity index (χ4v) is 0.603. The molecule has 0 unspecified atom stereocenters. The van der Waals surface area contributed by atoms with E-state index in [0.717, 1.165) is 12.3 Å². The van der Waals surface area contributed by atoms with Crippen LogP contribution in [0.15, 0.2) is 18.5 Å². The largest absolute Gasteiger partial charge is 0.502 e. The van der Waals surface area contributed by atoms with Crippen molar-refractivity contribution in [2.75, 3.05) is 6.61 Å². The minimum Gasteiger partial charge on any atom is -0.502 e. The van der Waals surface area contributed by atoms with Crippen molar-refractivity contribution in [3.05, 3.63) is 29.8 Å². The summed E-state index contributed by atoms with van der Waals surface area (Å²) in [5.74, 6) is 0. The molecule has 0 atom stereocenters. The Bertz CT molecular complexity index is 224. The standard InChI is InChI=1S/C5H8N2.C5H10O/c1-4-3-6-7-5(4)2;1-3-5-6-4-2/h3H,1-2H3,(H,6,7);3,5H,4H2,1-2H3/b;5-3+. The highest BCUT2D eigenvalue weighted by Crippen LogP contribution is 1.96. The van der Waals surface area contributed by atoms with Crippen LogP contribution in [0.25, 0.3) is 0 Å². The van der Waals surface area contributed by atoms with E-state index in [9.17, 15) is 0 Å². The summed E-state index contributed by atoms with van der Waals surface area (Å²) < 4.78 is 4.80. The Morgan fingerprint density at radius 3 is 2.38 bits per heavy atom. The minimum atomic E-state index is 0.768. The molecular formula is C10H18N2O. The molecule has 1 N–H and O–H groups in total. The Kier molecular flexibility index (Phi) is 6.69. The van der Waals surface area contributed by atoms with Gasteiger partial charge in [0.05, 0.1) is 19.1 Å². The summed E-state index contributed by atoms with van der Waals surface area (Å²) in [6.45, 7) is 8.68. The molecule has 0 fully saturated rings. The first-order valence-electron chi connectivity index (χ1n) is 4.41. The normalized spacial score (nSPS) is 9.54. The molecule has 13 heavy (non-hydrogen) atoms. The van der Waals surface area contributed by atoms with E-state index < -0.39 is 0 Å². The van der Waals surface area contributed by atoms with Crippen molar-refractivity contribution < 1.29 is 4.74 Å². The van der Waals surface area contributed by atoms with Crippen molar-refractivity contribution in [1.82, 2.24) is 10.2 Å². The number of hydrogen-bond acceptors (Lipinski definition) is 2. The quantitative estimate of drug-likeness (QED) is 0.714. The predicted molar refractivity (Wildman–Crippen MR) is 54.5 cm³/mol. The highest BCUT2D eigenvalue weighted by atomic mass is 16.5. The SMILES string of the molecule is C/C=C/OCC.Cc1cn[nH]c1C. The first kappa shape index (κ1) is 11.8. The molecule has 0 aliphatic heterocycles. The van der Waals surface area contributed by atoms with Crippen molar-refractivity contribution in [3.63, 3.8) is 0 Å². The van der Waals surface area contributed by atoms with Gasteiger partial charge in [-0.05, 0) is 33.3 Å². The van der Waals surface area contributed by atoms with Gasteiger partial charge in [-0.2, -0.15) is 5.10 Å². The number of aromatic nitrogens is 2. The number of hydrogen-bond donors (Lipinski definition) is 1. The van der Waals surface area contributed by atoms with Crippen LogP contribution in [0.2, 0.25) is 0 Å². The van der Waals surface area contributed by atoms with Gasteiger partial charge in [-0.25, -0.2) is 0 Å². The Morgan fingerprint density at radius 2 is 2.23 bits per heavy atom. The van der Waals surface area contributed by atoms with Gasteiger partial charge < -0.3 is 4.74 Å². The molecule has 0 radical (unpaired) electrons.